The molecule has 3 heteroatoms. The minimum Gasteiger partial charge on any atom is -0.507 e. The van der Waals surface area contributed by atoms with Crippen molar-refractivity contribution in [1.29, 1.82) is 0 Å². The number of aliphatic hydroxyl groups excluding tert-OH is 1. The second kappa shape index (κ2) is 5.19. The summed E-state index contributed by atoms with van der Waals surface area (Å²) >= 11 is 0. The van der Waals surface area contributed by atoms with Gasteiger partial charge in [-0.3, -0.25) is 0 Å². The summed E-state index contributed by atoms with van der Waals surface area (Å²) in [6.45, 7) is 2.63. The topological polar surface area (TPSA) is 44.9 Å². The molecule has 1 unspecified atom stereocenters. The predicted molar refractivity (Wildman–Crippen MR) is 75.3 cm³/mol. The smallest absolute Gasteiger partial charge is 0.125 e. The zero-order valence-corrected chi connectivity index (χ0v) is 11.0. The van der Waals surface area contributed by atoms with E-state index < -0.39 is 0 Å². The molecule has 1 fully saturated rings. The third-order valence-electron chi connectivity index (χ3n) is 4.03. The van der Waals surface area contributed by atoms with Crippen LogP contribution >= 0.6 is 0 Å². The van der Waals surface area contributed by atoms with Gasteiger partial charge in [0.15, 0.2) is 0 Å². The first-order chi connectivity index (χ1) is 9.24. The van der Waals surface area contributed by atoms with Crippen LogP contribution in [-0.4, -0.2) is 29.4 Å². The number of hydrogen-bond donors (Lipinski definition) is 3. The van der Waals surface area contributed by atoms with Crippen molar-refractivity contribution in [3.63, 3.8) is 0 Å². The number of aliphatic hydroxyl groups is 1. The Balaban J connectivity index is 1.93. The van der Waals surface area contributed by atoms with Crippen molar-refractivity contribution in [2.75, 3.05) is 13.1 Å². The Kier molecular flexibility index (Phi) is 3.40. The molecule has 100 valence electrons. The Bertz CT molecular complexity index is 582. The molecule has 0 bridgehead atoms. The van der Waals surface area contributed by atoms with Gasteiger partial charge in [-0.15, -0.1) is 0 Å². The van der Waals surface area contributed by atoms with Crippen LogP contribution in [0.25, 0.3) is 10.8 Å². The van der Waals surface area contributed by atoms with E-state index in [0.29, 0.717) is 5.75 Å². The zero-order valence-electron chi connectivity index (χ0n) is 11.0. The predicted octanol–water partition coefficient (Wildman–Crippen LogP) is 1.08. The molecule has 0 spiro atoms. The summed E-state index contributed by atoms with van der Waals surface area (Å²) in [6.07, 6.45) is 1.77. The number of phenols is 1. The standard InChI is InChI=1S/C16H19NO2/c18-13-5-3-9-17(10-13)11-15-14-6-2-1-4-12(14)7-8-16(15)19/h1-2,4,6-8,13,18-19H,3,5,9-11H2/p+1/t13-/m0/s1. The van der Waals surface area contributed by atoms with E-state index in [9.17, 15) is 10.2 Å². The molecule has 0 aliphatic carbocycles. The highest BCUT2D eigenvalue weighted by Gasteiger charge is 2.22. The monoisotopic (exact) mass is 258 g/mol. The first-order valence-electron chi connectivity index (χ1n) is 6.95. The largest absolute Gasteiger partial charge is 0.507 e. The molecule has 1 heterocycles. The number of benzene rings is 2. The van der Waals surface area contributed by atoms with Crippen molar-refractivity contribution in [1.82, 2.24) is 0 Å². The van der Waals surface area contributed by atoms with Crippen LogP contribution in [0.3, 0.4) is 0 Å². The van der Waals surface area contributed by atoms with Crippen molar-refractivity contribution in [2.45, 2.75) is 25.5 Å². The van der Waals surface area contributed by atoms with Crippen LogP contribution in [0.15, 0.2) is 36.4 Å². The van der Waals surface area contributed by atoms with E-state index in [1.165, 1.54) is 4.90 Å². The summed E-state index contributed by atoms with van der Waals surface area (Å²) in [6, 6.07) is 11.9. The average molecular weight is 258 g/mol. The maximum atomic E-state index is 10.1. The van der Waals surface area contributed by atoms with Gasteiger partial charge in [-0.2, -0.15) is 0 Å². The molecular weight excluding hydrogens is 238 g/mol. The minimum absolute atomic E-state index is 0.194. The van der Waals surface area contributed by atoms with Gasteiger partial charge in [0, 0.05) is 0 Å². The van der Waals surface area contributed by atoms with Crippen LogP contribution in [0.4, 0.5) is 0 Å². The second-order valence-corrected chi connectivity index (χ2v) is 5.46. The van der Waals surface area contributed by atoms with E-state index in [1.54, 1.807) is 6.07 Å². The van der Waals surface area contributed by atoms with Crippen molar-refractivity contribution < 1.29 is 15.1 Å². The third-order valence-corrected chi connectivity index (χ3v) is 4.03. The van der Waals surface area contributed by atoms with Crippen LogP contribution in [0.5, 0.6) is 5.75 Å². The number of rotatable bonds is 2. The van der Waals surface area contributed by atoms with E-state index in [1.807, 2.05) is 18.2 Å². The number of nitrogens with one attached hydrogen (secondary N) is 1. The van der Waals surface area contributed by atoms with Gasteiger partial charge in [0.2, 0.25) is 0 Å². The lowest BCUT2D eigenvalue weighted by molar-refractivity contribution is -0.921. The maximum Gasteiger partial charge on any atom is 0.125 e. The summed E-state index contributed by atoms with van der Waals surface area (Å²) < 4.78 is 0. The Morgan fingerprint density at radius 1 is 1.16 bits per heavy atom. The lowest BCUT2D eigenvalue weighted by Crippen LogP contribution is -3.12. The van der Waals surface area contributed by atoms with E-state index in [2.05, 4.69) is 12.1 Å². The highest BCUT2D eigenvalue weighted by molar-refractivity contribution is 5.87. The fraction of sp³-hybridized carbons (Fsp3) is 0.375. The maximum absolute atomic E-state index is 10.1. The normalized spacial score (nSPS) is 23.6. The zero-order chi connectivity index (χ0) is 13.2. The number of fused-ring (bicyclic) bond motifs is 1. The van der Waals surface area contributed by atoms with Crippen molar-refractivity contribution in [3.8, 4) is 5.75 Å². The fourth-order valence-corrected chi connectivity index (χ4v) is 3.05. The van der Waals surface area contributed by atoms with Crippen LogP contribution < -0.4 is 4.90 Å². The number of phenolic OH excluding ortho intramolecular Hbond substituents is 1. The van der Waals surface area contributed by atoms with Crippen LogP contribution in [0.2, 0.25) is 0 Å². The van der Waals surface area contributed by atoms with Crippen molar-refractivity contribution in [2.24, 2.45) is 0 Å². The summed E-state index contributed by atoms with van der Waals surface area (Å²) in [5, 5.41) is 22.2. The van der Waals surface area contributed by atoms with E-state index in [4.69, 9.17) is 0 Å². The van der Waals surface area contributed by atoms with Gasteiger partial charge in [0.05, 0.1) is 12.1 Å². The molecule has 0 amide bonds. The quantitative estimate of drug-likeness (QED) is 0.755. The summed E-state index contributed by atoms with van der Waals surface area (Å²) in [5.41, 5.74) is 1.00. The Hall–Kier alpha value is -1.58. The Labute approximate surface area is 113 Å². The van der Waals surface area contributed by atoms with Crippen LogP contribution in [0.1, 0.15) is 18.4 Å². The number of likely N-dealkylation sites (tertiary alicyclic amines) is 1. The highest BCUT2D eigenvalue weighted by atomic mass is 16.3. The molecule has 1 aliphatic rings. The van der Waals surface area contributed by atoms with Gasteiger partial charge in [-0.1, -0.05) is 30.3 Å². The molecular formula is C16H20NO2+. The third kappa shape index (κ3) is 2.57. The molecule has 3 nitrogen and oxygen atoms in total. The van der Waals surface area contributed by atoms with Gasteiger partial charge in [0.25, 0.3) is 0 Å². The fourth-order valence-electron chi connectivity index (χ4n) is 3.05. The Morgan fingerprint density at radius 3 is 2.84 bits per heavy atom. The first-order valence-corrected chi connectivity index (χ1v) is 6.95. The molecule has 3 N–H and O–H groups in total. The highest BCUT2D eigenvalue weighted by Crippen LogP contribution is 2.26. The van der Waals surface area contributed by atoms with Crippen LogP contribution in [0, 0.1) is 0 Å². The van der Waals surface area contributed by atoms with E-state index >= 15 is 0 Å². The minimum atomic E-state index is -0.194. The lowest BCUT2D eigenvalue weighted by atomic mass is 10.0. The molecule has 1 aliphatic heterocycles. The molecule has 2 aromatic carbocycles. The molecule has 2 aromatic rings. The van der Waals surface area contributed by atoms with E-state index in [0.717, 1.165) is 48.8 Å². The molecule has 0 saturated carbocycles. The van der Waals surface area contributed by atoms with Crippen molar-refractivity contribution in [3.05, 3.63) is 42.0 Å². The average Bonchev–Trinajstić information content (AvgIpc) is 2.42. The van der Waals surface area contributed by atoms with E-state index in [-0.39, 0.29) is 6.10 Å². The lowest BCUT2D eigenvalue weighted by Gasteiger charge is -2.27. The SMILES string of the molecule is Oc1ccc2ccccc2c1C[NH+]1CCC[C@H](O)C1. The van der Waals surface area contributed by atoms with Gasteiger partial charge < -0.3 is 15.1 Å². The number of hydrogen-bond acceptors (Lipinski definition) is 2. The van der Waals surface area contributed by atoms with Gasteiger partial charge in [-0.25, -0.2) is 0 Å². The van der Waals surface area contributed by atoms with Crippen LogP contribution in [-0.2, 0) is 6.54 Å². The first kappa shape index (κ1) is 12.5. The molecule has 0 aromatic heterocycles. The van der Waals surface area contributed by atoms with Gasteiger partial charge >= 0.3 is 0 Å². The molecule has 19 heavy (non-hydrogen) atoms. The number of quaternary nitrogens is 1. The van der Waals surface area contributed by atoms with Gasteiger partial charge in [-0.05, 0) is 29.7 Å². The molecule has 0 radical (unpaired) electrons. The number of aromatic hydroxyl groups is 1. The van der Waals surface area contributed by atoms with Gasteiger partial charge in [0.1, 0.15) is 24.9 Å². The summed E-state index contributed by atoms with van der Waals surface area (Å²) in [7, 11) is 0. The second-order valence-electron chi connectivity index (χ2n) is 5.46. The summed E-state index contributed by atoms with van der Waals surface area (Å²) in [5.74, 6) is 0.367. The molecule has 1 saturated heterocycles. The Morgan fingerprint density at radius 2 is 2.00 bits per heavy atom. The molecule has 3 rings (SSSR count). The molecule has 2 atom stereocenters. The number of piperidine rings is 1. The summed E-state index contributed by atoms with van der Waals surface area (Å²) in [4.78, 5) is 1.35. The van der Waals surface area contributed by atoms with Crippen molar-refractivity contribution >= 4 is 10.8 Å².